The molecule has 12 nitrogen and oxygen atoms in total. The maximum Gasteiger partial charge on any atom is 0.318 e. The van der Waals surface area contributed by atoms with E-state index in [-0.39, 0.29) is 17.2 Å². The second-order valence-corrected chi connectivity index (χ2v) is 8.91. The second-order valence-electron chi connectivity index (χ2n) is 7.93. The van der Waals surface area contributed by atoms with E-state index in [1.165, 1.54) is 35.8 Å². The van der Waals surface area contributed by atoms with Gasteiger partial charge in [-0.25, -0.2) is 5.43 Å². The molecule has 0 saturated carbocycles. The Bertz CT molecular complexity index is 1620. The number of nitrogens with zero attached hydrogens (tertiary/aromatic N) is 3. The number of nitro benzene ring substituents is 2. The maximum absolute atomic E-state index is 12.9. The molecule has 200 valence electrons. The van der Waals surface area contributed by atoms with Crippen LogP contribution in [0.15, 0.2) is 101 Å². The van der Waals surface area contributed by atoms with Crippen LogP contribution in [0.3, 0.4) is 0 Å². The van der Waals surface area contributed by atoms with E-state index >= 15 is 0 Å². The van der Waals surface area contributed by atoms with Gasteiger partial charge in [0.25, 0.3) is 17.5 Å². The predicted molar refractivity (Wildman–Crippen MR) is 148 cm³/mol. The summed E-state index contributed by atoms with van der Waals surface area (Å²) in [7, 11) is 0. The molecule has 2 amide bonds. The first-order chi connectivity index (χ1) is 19.3. The van der Waals surface area contributed by atoms with Crippen LogP contribution in [0.1, 0.15) is 20.8 Å². The average Bonchev–Trinajstić information content (AvgIpc) is 3.46. The third-order valence-corrected chi connectivity index (χ3v) is 5.99. The van der Waals surface area contributed by atoms with Crippen molar-refractivity contribution in [2.75, 3.05) is 0 Å². The summed E-state index contributed by atoms with van der Waals surface area (Å²) in [6.07, 6.45) is 2.85. The van der Waals surface area contributed by atoms with Crippen LogP contribution >= 0.6 is 11.3 Å². The van der Waals surface area contributed by atoms with Gasteiger partial charge in [0.2, 0.25) is 5.75 Å². The number of nitro groups is 2. The van der Waals surface area contributed by atoms with E-state index in [0.717, 1.165) is 23.1 Å². The molecule has 1 aromatic heterocycles. The fraction of sp³-hybridized carbons (Fsp3) is 0. The molecule has 13 heteroatoms. The van der Waals surface area contributed by atoms with E-state index in [1.807, 2.05) is 11.4 Å². The summed E-state index contributed by atoms with van der Waals surface area (Å²) >= 11 is 1.38. The highest BCUT2D eigenvalue weighted by Gasteiger charge is 2.21. The average molecular weight is 558 g/mol. The highest BCUT2D eigenvalue weighted by Crippen LogP contribution is 2.34. The molecule has 0 atom stereocenters. The summed E-state index contributed by atoms with van der Waals surface area (Å²) in [5, 5.41) is 30.7. The molecule has 0 aliphatic carbocycles. The van der Waals surface area contributed by atoms with Crippen LogP contribution in [-0.2, 0) is 4.79 Å². The molecule has 0 fully saturated rings. The number of thiophene rings is 1. The monoisotopic (exact) mass is 557 g/mol. The topological polar surface area (TPSA) is 166 Å². The molecule has 4 aromatic rings. The Hall–Kier alpha value is -5.69. The Balaban J connectivity index is 1.47. The minimum Gasteiger partial charge on any atom is -0.450 e. The molecule has 0 aliphatic rings. The third kappa shape index (κ3) is 7.20. The van der Waals surface area contributed by atoms with Crippen LogP contribution in [0, 0.1) is 20.2 Å². The van der Waals surface area contributed by atoms with Gasteiger partial charge in [-0.15, -0.1) is 11.3 Å². The summed E-state index contributed by atoms with van der Waals surface area (Å²) in [6.45, 7) is 0. The quantitative estimate of drug-likeness (QED) is 0.116. The summed E-state index contributed by atoms with van der Waals surface area (Å²) in [5.41, 5.74) is 2.19. The van der Waals surface area contributed by atoms with Crippen molar-refractivity contribution >= 4 is 46.8 Å². The standard InChI is InChI=1S/C27H19N5O7S/c33-26(19-7-2-1-3-8-19)29-23(16-22-10-5-13-40-22)27(34)30-28-17-18-6-4-9-21(14-18)39-25-12-11-20(31(35)36)15-24(25)32(37)38/h1-17H,(H,29,33)(H,30,34)/b23-16+,28-17-. The summed E-state index contributed by atoms with van der Waals surface area (Å²) in [6, 6.07) is 21.3. The Morgan fingerprint density at radius 3 is 2.40 bits per heavy atom. The molecular weight excluding hydrogens is 538 g/mol. The molecular formula is C27H19N5O7S. The van der Waals surface area contributed by atoms with E-state index in [0.29, 0.717) is 11.1 Å². The number of non-ortho nitro benzene ring substituents is 1. The number of nitrogens with one attached hydrogen (secondary N) is 2. The fourth-order valence-electron chi connectivity index (χ4n) is 3.32. The SMILES string of the molecule is O=C(N/N=C\c1cccc(Oc2ccc([N+](=O)[O-])cc2[N+](=O)[O-])c1)/C(=C\c1cccs1)NC(=O)c1ccccc1. The van der Waals surface area contributed by atoms with E-state index in [4.69, 9.17) is 4.74 Å². The number of rotatable bonds is 10. The van der Waals surface area contributed by atoms with E-state index in [9.17, 15) is 29.8 Å². The molecule has 40 heavy (non-hydrogen) atoms. The Morgan fingerprint density at radius 1 is 0.900 bits per heavy atom. The van der Waals surface area contributed by atoms with Gasteiger partial charge in [0.05, 0.1) is 22.1 Å². The molecule has 3 aromatic carbocycles. The highest BCUT2D eigenvalue weighted by atomic mass is 32.1. The number of hydrogen-bond donors (Lipinski definition) is 2. The number of hydrazone groups is 1. The number of hydrogen-bond acceptors (Lipinski definition) is 9. The predicted octanol–water partition coefficient (Wildman–Crippen LogP) is 5.28. The van der Waals surface area contributed by atoms with Crippen molar-refractivity contribution in [3.63, 3.8) is 0 Å². The smallest absolute Gasteiger partial charge is 0.318 e. The zero-order valence-electron chi connectivity index (χ0n) is 20.4. The second kappa shape index (κ2) is 12.7. The number of amides is 2. The lowest BCUT2D eigenvalue weighted by molar-refractivity contribution is -0.394. The Labute approximate surface area is 230 Å². The first-order valence-electron chi connectivity index (χ1n) is 11.5. The van der Waals surface area contributed by atoms with Gasteiger partial charge in [0, 0.05) is 16.5 Å². The van der Waals surface area contributed by atoms with Gasteiger partial charge in [-0.3, -0.25) is 29.8 Å². The van der Waals surface area contributed by atoms with Gasteiger partial charge in [-0.05, 0) is 53.4 Å². The van der Waals surface area contributed by atoms with Gasteiger partial charge in [0.1, 0.15) is 11.4 Å². The van der Waals surface area contributed by atoms with Gasteiger partial charge in [0.15, 0.2) is 0 Å². The molecule has 0 bridgehead atoms. The molecule has 0 radical (unpaired) electrons. The van der Waals surface area contributed by atoms with Gasteiger partial charge < -0.3 is 10.1 Å². The third-order valence-electron chi connectivity index (χ3n) is 5.17. The number of ether oxygens (including phenoxy) is 1. The van der Waals surface area contributed by atoms with Crippen LogP contribution in [0.2, 0.25) is 0 Å². The molecule has 0 spiro atoms. The first-order valence-corrected chi connectivity index (χ1v) is 12.3. The summed E-state index contributed by atoms with van der Waals surface area (Å²) in [4.78, 5) is 47.1. The maximum atomic E-state index is 12.9. The lowest BCUT2D eigenvalue weighted by atomic mass is 10.2. The van der Waals surface area contributed by atoms with Gasteiger partial charge in [-0.1, -0.05) is 36.4 Å². The summed E-state index contributed by atoms with van der Waals surface area (Å²) < 4.78 is 5.59. The molecule has 0 saturated heterocycles. The van der Waals surface area contributed by atoms with Crippen LogP contribution in [0.5, 0.6) is 11.5 Å². The fourth-order valence-corrected chi connectivity index (χ4v) is 3.97. The first kappa shape index (κ1) is 27.3. The normalized spacial score (nSPS) is 11.2. The van der Waals surface area contributed by atoms with Crippen molar-refractivity contribution in [1.82, 2.24) is 10.7 Å². The highest BCUT2D eigenvalue weighted by molar-refractivity contribution is 7.10. The number of carbonyl (C=O) groups is 2. The Morgan fingerprint density at radius 2 is 1.70 bits per heavy atom. The van der Waals surface area contributed by atoms with Crippen molar-refractivity contribution in [3.05, 3.63) is 132 Å². The minimum absolute atomic E-state index is 0.0176. The largest absolute Gasteiger partial charge is 0.450 e. The van der Waals surface area contributed by atoms with Crippen LogP contribution in [0.4, 0.5) is 11.4 Å². The number of carbonyl (C=O) groups excluding carboxylic acids is 2. The van der Waals surface area contributed by atoms with E-state index in [2.05, 4.69) is 15.8 Å². The molecule has 2 N–H and O–H groups in total. The van der Waals surface area contributed by atoms with Crippen molar-refractivity contribution in [3.8, 4) is 11.5 Å². The van der Waals surface area contributed by atoms with Crippen molar-refractivity contribution in [1.29, 1.82) is 0 Å². The van der Waals surface area contributed by atoms with Crippen molar-refractivity contribution in [2.24, 2.45) is 5.10 Å². The molecule has 1 heterocycles. The van der Waals surface area contributed by atoms with Crippen molar-refractivity contribution < 1.29 is 24.2 Å². The van der Waals surface area contributed by atoms with Crippen LogP contribution in [-0.4, -0.2) is 27.9 Å². The molecule has 0 unspecified atom stereocenters. The molecule has 4 rings (SSSR count). The van der Waals surface area contributed by atoms with Gasteiger partial charge in [-0.2, -0.15) is 5.10 Å². The van der Waals surface area contributed by atoms with Crippen molar-refractivity contribution in [2.45, 2.75) is 0 Å². The van der Waals surface area contributed by atoms with Gasteiger partial charge >= 0.3 is 5.69 Å². The molecule has 0 aliphatic heterocycles. The minimum atomic E-state index is -0.777. The lowest BCUT2D eigenvalue weighted by Gasteiger charge is -2.09. The van der Waals surface area contributed by atoms with E-state index < -0.39 is 33.0 Å². The zero-order valence-corrected chi connectivity index (χ0v) is 21.2. The van der Waals surface area contributed by atoms with Crippen LogP contribution < -0.4 is 15.5 Å². The lowest BCUT2D eigenvalue weighted by Crippen LogP contribution is -2.32. The van der Waals surface area contributed by atoms with E-state index in [1.54, 1.807) is 48.5 Å². The number of benzene rings is 3. The van der Waals surface area contributed by atoms with Crippen LogP contribution in [0.25, 0.3) is 6.08 Å². The zero-order chi connectivity index (χ0) is 28.5. The summed E-state index contributed by atoms with van der Waals surface area (Å²) in [5.74, 6) is -1.12. The Kier molecular flexibility index (Phi) is 8.69.